The van der Waals surface area contributed by atoms with Crippen molar-refractivity contribution in [2.45, 2.75) is 65.2 Å². The van der Waals surface area contributed by atoms with E-state index in [4.69, 9.17) is 5.14 Å². The van der Waals surface area contributed by atoms with Gasteiger partial charge in [0.1, 0.15) is 0 Å². The van der Waals surface area contributed by atoms with Gasteiger partial charge < -0.3 is 0 Å². The molecule has 0 saturated heterocycles. The predicted octanol–water partition coefficient (Wildman–Crippen LogP) is 2.65. The van der Waals surface area contributed by atoms with E-state index in [0.29, 0.717) is 13.1 Å². The first-order chi connectivity index (χ1) is 8.02. The van der Waals surface area contributed by atoms with Gasteiger partial charge in [0, 0.05) is 13.1 Å². The first kappa shape index (κ1) is 16.9. The molecule has 0 aliphatic heterocycles. The summed E-state index contributed by atoms with van der Waals surface area (Å²) in [6, 6.07) is 0. The van der Waals surface area contributed by atoms with Crippen molar-refractivity contribution in [1.29, 1.82) is 0 Å². The van der Waals surface area contributed by atoms with E-state index in [-0.39, 0.29) is 0 Å². The molecule has 0 unspecified atom stereocenters. The summed E-state index contributed by atoms with van der Waals surface area (Å²) in [4.78, 5) is 0. The van der Waals surface area contributed by atoms with Crippen molar-refractivity contribution in [3.63, 3.8) is 0 Å². The maximum Gasteiger partial charge on any atom is 0.276 e. The smallest absolute Gasteiger partial charge is 0.216 e. The fourth-order valence-corrected chi connectivity index (χ4v) is 2.56. The summed E-state index contributed by atoms with van der Waals surface area (Å²) in [5, 5.41) is 5.21. The minimum atomic E-state index is -3.51. The average molecular weight is 264 g/mol. The zero-order chi connectivity index (χ0) is 13.1. The number of hydrogen-bond donors (Lipinski definition) is 1. The third-order valence-electron chi connectivity index (χ3n) is 2.88. The van der Waals surface area contributed by atoms with Crippen LogP contribution in [0, 0.1) is 0 Å². The van der Waals surface area contributed by atoms with Crippen LogP contribution >= 0.6 is 0 Å². The number of nitrogens with two attached hydrogens (primary N) is 1. The molecule has 0 rings (SSSR count). The number of hydrogen-bond acceptors (Lipinski definition) is 2. The SMILES string of the molecule is CCCCCCN(CCCCCC)S(N)(=O)=O. The van der Waals surface area contributed by atoms with Gasteiger partial charge in [-0.1, -0.05) is 52.4 Å². The van der Waals surface area contributed by atoms with E-state index in [1.54, 1.807) is 0 Å². The predicted molar refractivity (Wildman–Crippen MR) is 73.0 cm³/mol. The van der Waals surface area contributed by atoms with Crippen molar-refractivity contribution < 1.29 is 8.42 Å². The molecule has 17 heavy (non-hydrogen) atoms. The van der Waals surface area contributed by atoms with Crippen LogP contribution < -0.4 is 5.14 Å². The molecule has 0 amide bonds. The Hall–Kier alpha value is -0.130. The zero-order valence-corrected chi connectivity index (χ0v) is 12.1. The van der Waals surface area contributed by atoms with Gasteiger partial charge in [-0.3, -0.25) is 0 Å². The van der Waals surface area contributed by atoms with Crippen LogP contribution in [0.15, 0.2) is 0 Å². The Morgan fingerprint density at radius 1 is 0.824 bits per heavy atom. The first-order valence-corrected chi connectivity index (χ1v) is 8.30. The summed E-state index contributed by atoms with van der Waals surface area (Å²) in [5.74, 6) is 0. The van der Waals surface area contributed by atoms with Crippen molar-refractivity contribution in [3.8, 4) is 0 Å². The fourth-order valence-electron chi connectivity index (χ4n) is 1.80. The van der Waals surface area contributed by atoms with Gasteiger partial charge in [-0.25, -0.2) is 5.14 Å². The van der Waals surface area contributed by atoms with Gasteiger partial charge >= 0.3 is 0 Å². The van der Waals surface area contributed by atoms with E-state index in [0.717, 1.165) is 51.4 Å². The lowest BCUT2D eigenvalue weighted by Gasteiger charge is -2.19. The summed E-state index contributed by atoms with van der Waals surface area (Å²) < 4.78 is 24.2. The molecule has 0 aliphatic rings. The third-order valence-corrected chi connectivity index (χ3v) is 3.97. The highest BCUT2D eigenvalue weighted by Crippen LogP contribution is 2.07. The maximum absolute atomic E-state index is 11.4. The van der Waals surface area contributed by atoms with Crippen molar-refractivity contribution in [2.24, 2.45) is 5.14 Å². The van der Waals surface area contributed by atoms with E-state index in [1.165, 1.54) is 4.31 Å². The van der Waals surface area contributed by atoms with Crippen LogP contribution in [0.2, 0.25) is 0 Å². The summed E-state index contributed by atoms with van der Waals surface area (Å²) >= 11 is 0. The Labute approximate surface area is 107 Å². The molecule has 2 N–H and O–H groups in total. The van der Waals surface area contributed by atoms with Gasteiger partial charge in [-0.2, -0.15) is 12.7 Å². The Morgan fingerprint density at radius 3 is 1.53 bits per heavy atom. The second-order valence-corrected chi connectivity index (χ2v) is 6.11. The highest BCUT2D eigenvalue weighted by molar-refractivity contribution is 7.86. The van der Waals surface area contributed by atoms with E-state index in [9.17, 15) is 8.42 Å². The van der Waals surface area contributed by atoms with Crippen LogP contribution in [0.4, 0.5) is 0 Å². The van der Waals surface area contributed by atoms with Crippen LogP contribution in [0.1, 0.15) is 65.2 Å². The maximum atomic E-state index is 11.4. The monoisotopic (exact) mass is 264 g/mol. The van der Waals surface area contributed by atoms with Crippen molar-refractivity contribution >= 4 is 10.2 Å². The second kappa shape index (κ2) is 9.85. The highest BCUT2D eigenvalue weighted by Gasteiger charge is 2.15. The third kappa shape index (κ3) is 9.56. The molecule has 104 valence electrons. The molecule has 0 aromatic carbocycles. The van der Waals surface area contributed by atoms with Crippen molar-refractivity contribution in [2.75, 3.05) is 13.1 Å². The summed E-state index contributed by atoms with van der Waals surface area (Å²) in [6.07, 6.45) is 8.63. The molecule has 0 heterocycles. The Bertz CT molecular complexity index is 254. The van der Waals surface area contributed by atoms with Gasteiger partial charge in [-0.05, 0) is 12.8 Å². The van der Waals surface area contributed by atoms with E-state index in [2.05, 4.69) is 13.8 Å². The molecule has 0 fully saturated rings. The van der Waals surface area contributed by atoms with E-state index < -0.39 is 10.2 Å². The number of unbranched alkanes of at least 4 members (excludes halogenated alkanes) is 6. The average Bonchev–Trinajstić information content (AvgIpc) is 2.25. The topological polar surface area (TPSA) is 63.4 Å². The Morgan fingerprint density at radius 2 is 1.24 bits per heavy atom. The molecule has 0 bridgehead atoms. The zero-order valence-electron chi connectivity index (χ0n) is 11.3. The minimum absolute atomic E-state index is 0.574. The second-order valence-electron chi connectivity index (χ2n) is 4.57. The lowest BCUT2D eigenvalue weighted by atomic mass is 10.2. The summed E-state index contributed by atoms with van der Waals surface area (Å²) in [5.41, 5.74) is 0. The molecule has 0 saturated carbocycles. The Balaban J connectivity index is 3.90. The summed E-state index contributed by atoms with van der Waals surface area (Å²) in [7, 11) is -3.51. The number of nitrogens with zero attached hydrogens (tertiary/aromatic N) is 1. The van der Waals surface area contributed by atoms with Crippen molar-refractivity contribution in [3.05, 3.63) is 0 Å². The molecule has 0 aliphatic carbocycles. The largest absolute Gasteiger partial charge is 0.276 e. The molecule has 0 aromatic rings. The van der Waals surface area contributed by atoms with Crippen LogP contribution in [0.3, 0.4) is 0 Å². The molecular weight excluding hydrogens is 236 g/mol. The Kier molecular flexibility index (Phi) is 9.78. The minimum Gasteiger partial charge on any atom is -0.216 e. The van der Waals surface area contributed by atoms with E-state index in [1.807, 2.05) is 0 Å². The van der Waals surface area contributed by atoms with Gasteiger partial charge in [0.25, 0.3) is 10.2 Å². The van der Waals surface area contributed by atoms with Crippen LogP contribution in [-0.2, 0) is 10.2 Å². The summed E-state index contributed by atoms with van der Waals surface area (Å²) in [6.45, 7) is 5.43. The molecule has 4 nitrogen and oxygen atoms in total. The van der Waals surface area contributed by atoms with Gasteiger partial charge in [0.05, 0.1) is 0 Å². The fraction of sp³-hybridized carbons (Fsp3) is 1.00. The molecule has 0 atom stereocenters. The quantitative estimate of drug-likeness (QED) is 0.583. The molecule has 0 radical (unpaired) electrons. The van der Waals surface area contributed by atoms with Crippen molar-refractivity contribution in [1.82, 2.24) is 4.31 Å². The molecule has 5 heteroatoms. The van der Waals surface area contributed by atoms with Gasteiger partial charge in [-0.15, -0.1) is 0 Å². The standard InChI is InChI=1S/C12H28N2O2S/c1-3-5-7-9-11-14(17(13,15)16)12-10-8-6-4-2/h3-12H2,1-2H3,(H2,13,15,16). The number of rotatable bonds is 11. The van der Waals surface area contributed by atoms with Gasteiger partial charge in [0.2, 0.25) is 0 Å². The highest BCUT2D eigenvalue weighted by atomic mass is 32.2. The van der Waals surface area contributed by atoms with Gasteiger partial charge in [0.15, 0.2) is 0 Å². The van der Waals surface area contributed by atoms with Crippen LogP contribution in [0.5, 0.6) is 0 Å². The molecular formula is C12H28N2O2S. The van der Waals surface area contributed by atoms with Crippen LogP contribution in [-0.4, -0.2) is 25.8 Å². The van der Waals surface area contributed by atoms with E-state index >= 15 is 0 Å². The lowest BCUT2D eigenvalue weighted by Crippen LogP contribution is -2.38. The lowest BCUT2D eigenvalue weighted by molar-refractivity contribution is 0.386. The molecule has 0 spiro atoms. The normalized spacial score (nSPS) is 12.2. The van der Waals surface area contributed by atoms with Crippen LogP contribution in [0.25, 0.3) is 0 Å². The first-order valence-electron chi connectivity index (χ1n) is 6.80. The molecule has 0 aromatic heterocycles.